The predicted molar refractivity (Wildman–Crippen MR) is 104 cm³/mol. The third kappa shape index (κ3) is 6.38. The van der Waals surface area contributed by atoms with Crippen LogP contribution in [0.4, 0.5) is 0 Å². The molecule has 0 amide bonds. The number of sulfone groups is 1. The number of nitrogens with one attached hydrogen (secondary N) is 1. The summed E-state index contributed by atoms with van der Waals surface area (Å²) in [4.78, 5) is 6.86. The highest BCUT2D eigenvalue weighted by atomic mass is 127. The standard InChI is InChI=1S/C15H29N3O3S.HI/c1-3-6-16-15(18-7-4-14(10-18)12(2)19)17-9-13-5-8-22(20,21)11-13;/h12-14,19H,3-11H2,1-2H3,(H,16,17);1H. The SMILES string of the molecule is CCCNC(=NCC1CCS(=O)(=O)C1)N1CCC(C(C)O)C1.I. The van der Waals surface area contributed by atoms with Gasteiger partial charge in [0, 0.05) is 32.1 Å². The van der Waals surface area contributed by atoms with Crippen molar-refractivity contribution in [2.24, 2.45) is 16.8 Å². The van der Waals surface area contributed by atoms with Crippen LogP contribution >= 0.6 is 24.0 Å². The van der Waals surface area contributed by atoms with Crippen molar-refractivity contribution in [1.82, 2.24) is 10.2 Å². The Morgan fingerprint density at radius 2 is 2.17 bits per heavy atom. The van der Waals surface area contributed by atoms with Gasteiger partial charge in [0.25, 0.3) is 0 Å². The molecule has 0 aromatic heterocycles. The van der Waals surface area contributed by atoms with E-state index in [0.717, 1.165) is 44.9 Å². The van der Waals surface area contributed by atoms with Crippen LogP contribution in [-0.2, 0) is 9.84 Å². The van der Waals surface area contributed by atoms with E-state index in [4.69, 9.17) is 0 Å². The molecule has 0 aromatic rings. The summed E-state index contributed by atoms with van der Waals surface area (Å²) in [5.41, 5.74) is 0. The number of aliphatic imine (C=N–C) groups is 1. The highest BCUT2D eigenvalue weighted by Gasteiger charge is 2.30. The highest BCUT2D eigenvalue weighted by molar-refractivity contribution is 14.0. The fraction of sp³-hybridized carbons (Fsp3) is 0.933. The first kappa shape index (κ1) is 21.0. The minimum Gasteiger partial charge on any atom is -0.393 e. The summed E-state index contributed by atoms with van der Waals surface area (Å²) in [6.07, 6.45) is 2.42. The minimum absolute atomic E-state index is 0. The highest BCUT2D eigenvalue weighted by Crippen LogP contribution is 2.21. The first-order chi connectivity index (χ1) is 10.4. The van der Waals surface area contributed by atoms with Gasteiger partial charge in [-0.1, -0.05) is 6.92 Å². The fourth-order valence-corrected chi connectivity index (χ4v) is 4.96. The predicted octanol–water partition coefficient (Wildman–Crippen LogP) is 1.10. The lowest BCUT2D eigenvalue weighted by molar-refractivity contribution is 0.132. The average Bonchev–Trinajstić information content (AvgIpc) is 3.06. The number of aliphatic hydroxyl groups excluding tert-OH is 1. The zero-order valence-electron chi connectivity index (χ0n) is 14.1. The molecule has 2 N–H and O–H groups in total. The summed E-state index contributed by atoms with van der Waals surface area (Å²) < 4.78 is 23.1. The maximum absolute atomic E-state index is 11.5. The maximum Gasteiger partial charge on any atom is 0.193 e. The van der Waals surface area contributed by atoms with E-state index in [1.165, 1.54) is 0 Å². The van der Waals surface area contributed by atoms with Crippen LogP contribution in [0, 0.1) is 11.8 Å². The normalized spacial score (nSPS) is 28.5. The minimum atomic E-state index is -2.84. The third-order valence-corrected chi connectivity index (χ3v) is 6.40. The molecule has 3 unspecified atom stereocenters. The van der Waals surface area contributed by atoms with E-state index >= 15 is 0 Å². The Balaban J connectivity index is 0.00000264. The van der Waals surface area contributed by atoms with Crippen molar-refractivity contribution in [3.63, 3.8) is 0 Å². The summed E-state index contributed by atoms with van der Waals surface area (Å²) in [6.45, 7) is 7.09. The molecule has 0 radical (unpaired) electrons. The molecule has 0 bridgehead atoms. The van der Waals surface area contributed by atoms with E-state index in [2.05, 4.69) is 22.1 Å². The molecule has 2 heterocycles. The molecule has 3 atom stereocenters. The van der Waals surface area contributed by atoms with E-state index in [0.29, 0.717) is 18.2 Å². The molecule has 0 aromatic carbocycles. The van der Waals surface area contributed by atoms with Gasteiger partial charge in [0.15, 0.2) is 15.8 Å². The van der Waals surface area contributed by atoms with Crippen LogP contribution in [0.25, 0.3) is 0 Å². The third-order valence-electron chi connectivity index (χ3n) is 4.57. The molecular weight excluding hydrogens is 429 g/mol. The van der Waals surface area contributed by atoms with Crippen molar-refractivity contribution in [3.05, 3.63) is 0 Å². The lowest BCUT2D eigenvalue weighted by Crippen LogP contribution is -2.41. The van der Waals surface area contributed by atoms with Crippen LogP contribution in [0.2, 0.25) is 0 Å². The Hall–Kier alpha value is -0.0900. The van der Waals surface area contributed by atoms with Crippen molar-refractivity contribution in [2.45, 2.75) is 39.2 Å². The van der Waals surface area contributed by atoms with Crippen molar-refractivity contribution in [3.8, 4) is 0 Å². The Labute approximate surface area is 157 Å². The molecule has 6 nitrogen and oxygen atoms in total. The van der Waals surface area contributed by atoms with Crippen LogP contribution in [0.3, 0.4) is 0 Å². The molecule has 2 fully saturated rings. The second-order valence-electron chi connectivity index (χ2n) is 6.60. The van der Waals surface area contributed by atoms with Crippen molar-refractivity contribution >= 4 is 39.8 Å². The molecule has 2 saturated heterocycles. The average molecular weight is 459 g/mol. The quantitative estimate of drug-likeness (QED) is 0.366. The van der Waals surface area contributed by atoms with Gasteiger partial charge >= 0.3 is 0 Å². The molecule has 2 rings (SSSR count). The summed E-state index contributed by atoms with van der Waals surface area (Å²) in [7, 11) is -2.84. The number of hydrogen-bond donors (Lipinski definition) is 2. The Morgan fingerprint density at radius 3 is 2.70 bits per heavy atom. The van der Waals surface area contributed by atoms with Crippen LogP contribution < -0.4 is 5.32 Å². The summed E-state index contributed by atoms with van der Waals surface area (Å²) in [5.74, 6) is 1.89. The number of halogens is 1. The molecule has 0 saturated carbocycles. The van der Waals surface area contributed by atoms with E-state index in [1.54, 1.807) is 0 Å². The zero-order valence-corrected chi connectivity index (χ0v) is 17.2. The second kappa shape index (κ2) is 9.41. The molecule has 2 aliphatic rings. The number of rotatable bonds is 5. The molecule has 136 valence electrons. The lowest BCUT2D eigenvalue weighted by atomic mass is 10.0. The van der Waals surface area contributed by atoms with Gasteiger partial charge in [0.05, 0.1) is 17.6 Å². The Morgan fingerprint density at radius 1 is 1.43 bits per heavy atom. The van der Waals surface area contributed by atoms with Crippen molar-refractivity contribution in [1.29, 1.82) is 0 Å². The maximum atomic E-state index is 11.5. The summed E-state index contributed by atoms with van der Waals surface area (Å²) in [5, 5.41) is 13.1. The van der Waals surface area contributed by atoms with Gasteiger partial charge in [-0.25, -0.2) is 8.42 Å². The summed E-state index contributed by atoms with van der Waals surface area (Å²) >= 11 is 0. The van der Waals surface area contributed by atoms with Crippen LogP contribution in [0.1, 0.15) is 33.1 Å². The topological polar surface area (TPSA) is 82.0 Å². The number of hydrogen-bond acceptors (Lipinski definition) is 4. The second-order valence-corrected chi connectivity index (χ2v) is 8.82. The molecule has 23 heavy (non-hydrogen) atoms. The van der Waals surface area contributed by atoms with Gasteiger partial charge in [0.2, 0.25) is 0 Å². The molecule has 2 aliphatic heterocycles. The smallest absolute Gasteiger partial charge is 0.193 e. The van der Waals surface area contributed by atoms with E-state index in [-0.39, 0.29) is 41.8 Å². The van der Waals surface area contributed by atoms with Gasteiger partial charge in [-0.2, -0.15) is 0 Å². The number of likely N-dealkylation sites (tertiary alicyclic amines) is 1. The van der Waals surface area contributed by atoms with E-state index in [1.807, 2.05) is 6.92 Å². The monoisotopic (exact) mass is 459 g/mol. The Kier molecular flexibility index (Phi) is 8.57. The van der Waals surface area contributed by atoms with Crippen LogP contribution in [-0.4, -0.2) is 68.2 Å². The molecule has 0 spiro atoms. The van der Waals surface area contributed by atoms with Crippen molar-refractivity contribution < 1.29 is 13.5 Å². The van der Waals surface area contributed by atoms with E-state index < -0.39 is 9.84 Å². The molecule has 8 heteroatoms. The largest absolute Gasteiger partial charge is 0.393 e. The van der Waals surface area contributed by atoms with Crippen molar-refractivity contribution in [2.75, 3.05) is 37.7 Å². The van der Waals surface area contributed by atoms with Crippen LogP contribution in [0.15, 0.2) is 4.99 Å². The Bertz CT molecular complexity index is 496. The van der Waals surface area contributed by atoms with Gasteiger partial charge in [-0.3, -0.25) is 4.99 Å². The van der Waals surface area contributed by atoms with E-state index in [9.17, 15) is 13.5 Å². The summed E-state index contributed by atoms with van der Waals surface area (Å²) in [6, 6.07) is 0. The van der Waals surface area contributed by atoms with Gasteiger partial charge in [0.1, 0.15) is 0 Å². The van der Waals surface area contributed by atoms with Crippen LogP contribution in [0.5, 0.6) is 0 Å². The first-order valence-electron chi connectivity index (χ1n) is 8.33. The lowest BCUT2D eigenvalue weighted by Gasteiger charge is -2.23. The fourth-order valence-electron chi connectivity index (χ4n) is 3.11. The van der Waals surface area contributed by atoms with Gasteiger partial charge < -0.3 is 15.3 Å². The number of guanidine groups is 1. The zero-order chi connectivity index (χ0) is 16.2. The first-order valence-corrected chi connectivity index (χ1v) is 10.1. The molecule has 0 aliphatic carbocycles. The van der Waals surface area contributed by atoms with Gasteiger partial charge in [-0.05, 0) is 32.1 Å². The number of nitrogens with zero attached hydrogens (tertiary/aromatic N) is 2. The molecular formula is C15H30IN3O3S. The number of aliphatic hydroxyl groups is 1. The van der Waals surface area contributed by atoms with Gasteiger partial charge in [-0.15, -0.1) is 24.0 Å².